The van der Waals surface area contributed by atoms with Crippen LogP contribution < -0.4 is 0 Å². The lowest BCUT2D eigenvalue weighted by Crippen LogP contribution is -2.18. The summed E-state index contributed by atoms with van der Waals surface area (Å²) in [4.78, 5) is 0. The van der Waals surface area contributed by atoms with Crippen molar-refractivity contribution in [2.75, 3.05) is 0 Å². The summed E-state index contributed by atoms with van der Waals surface area (Å²) in [5, 5.41) is -4.88. The van der Waals surface area contributed by atoms with Gasteiger partial charge in [0, 0.05) is 0 Å². The van der Waals surface area contributed by atoms with E-state index in [0.29, 0.717) is 19.3 Å². The average molecular weight is 454 g/mol. The van der Waals surface area contributed by atoms with Crippen LogP contribution >= 0.6 is 0 Å². The summed E-state index contributed by atoms with van der Waals surface area (Å²) in [6.07, 6.45) is 2.06. The van der Waals surface area contributed by atoms with Gasteiger partial charge in [-0.3, -0.25) is 0 Å². The molecule has 0 rings (SSSR count). The van der Waals surface area contributed by atoms with Gasteiger partial charge in [-0.15, -0.1) is 31.3 Å². The molecule has 0 aromatic heterocycles. The lowest BCUT2D eigenvalue weighted by Gasteiger charge is -2.30. The minimum Gasteiger partial charge on any atom is -0.103 e. The van der Waals surface area contributed by atoms with Gasteiger partial charge in [-0.1, -0.05) is 106 Å². The van der Waals surface area contributed by atoms with E-state index < -0.39 is 31.3 Å². The molecule has 0 heterocycles. The van der Waals surface area contributed by atoms with Crippen LogP contribution in [0.1, 0.15) is 94.9 Å². The van der Waals surface area contributed by atoms with Crippen molar-refractivity contribution in [1.29, 1.82) is 0 Å². The summed E-state index contributed by atoms with van der Waals surface area (Å²) in [6.45, 7) is 18.1. The fourth-order valence-corrected chi connectivity index (χ4v) is 3.64. The second kappa shape index (κ2) is 15.6. The van der Waals surface area contributed by atoms with E-state index in [-0.39, 0.29) is 10.6 Å². The normalized spacial score (nSPS) is 13.6. The highest BCUT2D eigenvalue weighted by Crippen LogP contribution is 2.38. The van der Waals surface area contributed by atoms with Crippen molar-refractivity contribution in [3.8, 4) is 0 Å². The van der Waals surface area contributed by atoms with Gasteiger partial charge in [-0.25, -0.2) is 0 Å². The average Bonchev–Trinajstić information content (AvgIpc) is 2.19. The molecule has 0 fully saturated rings. The van der Waals surface area contributed by atoms with Crippen molar-refractivity contribution >= 4 is 110 Å². The van der Waals surface area contributed by atoms with Crippen LogP contribution in [0.4, 0.5) is 0 Å². The summed E-state index contributed by atoms with van der Waals surface area (Å²) >= 11 is 0. The zero-order valence-electron chi connectivity index (χ0n) is 24.9. The standard InChI is InChI=1S/C7H14B2.3C5H8B4/c1-6(2,8)5-7(3,4)9;3*1-4(6,7)3-5(2,8)9/h5H2,1-4H3;3*3H2,1-2H3. The van der Waals surface area contributed by atoms with Crippen molar-refractivity contribution in [3.05, 3.63) is 0 Å². The quantitative estimate of drug-likeness (QED) is 0.496. The van der Waals surface area contributed by atoms with E-state index in [4.69, 9.17) is 110 Å². The monoisotopic (exact) mass is 456 g/mol. The van der Waals surface area contributed by atoms with E-state index in [2.05, 4.69) is 0 Å². The summed E-state index contributed by atoms with van der Waals surface area (Å²) in [5.41, 5.74) is 0. The molecule has 0 aliphatic heterocycles. The SMILES string of the molecule is [B]C(C)(C)CC([B])(C)C.[B]C([B])(C)CC([B])([B])C.[B]C([B])(C)CC([B])([B])C.[B]C([B])(C)CC([B])([B])C. The van der Waals surface area contributed by atoms with Crippen molar-refractivity contribution < 1.29 is 0 Å². The lowest BCUT2D eigenvalue weighted by atomic mass is 9.42. The van der Waals surface area contributed by atoms with Crippen LogP contribution in [0.25, 0.3) is 0 Å². The smallest absolute Gasteiger partial charge is 0.0738 e. The molecule has 0 aromatic rings. The molecule has 0 unspecified atom stereocenters. The first kappa shape index (κ1) is 43.9. The molecular weight excluding hydrogens is 416 g/mol. The van der Waals surface area contributed by atoms with E-state index in [1.807, 2.05) is 27.7 Å². The fourth-order valence-electron chi connectivity index (χ4n) is 3.64. The van der Waals surface area contributed by atoms with Crippen molar-refractivity contribution in [2.45, 2.75) is 137 Å². The van der Waals surface area contributed by atoms with Crippen LogP contribution in [0.15, 0.2) is 0 Å². The Kier molecular flexibility index (Phi) is 19.1. The van der Waals surface area contributed by atoms with Gasteiger partial charge in [0.2, 0.25) is 0 Å². The Morgan fingerprint density at radius 3 is 0.361 bits per heavy atom. The van der Waals surface area contributed by atoms with Gasteiger partial charge in [0.1, 0.15) is 0 Å². The molecule has 168 valence electrons. The Bertz CT molecular complexity index is 399. The van der Waals surface area contributed by atoms with Crippen LogP contribution in [0.3, 0.4) is 0 Å². The van der Waals surface area contributed by atoms with Crippen molar-refractivity contribution in [1.82, 2.24) is 0 Å². The Hall–Kier alpha value is 0.909. The predicted molar refractivity (Wildman–Crippen MR) is 177 cm³/mol. The maximum atomic E-state index is 5.74. The van der Waals surface area contributed by atoms with Gasteiger partial charge in [-0.05, 0) is 0 Å². The molecule has 0 N–H and O–H groups in total. The molecule has 0 nitrogen and oxygen atoms in total. The second-order valence-electron chi connectivity index (χ2n) is 13.7. The first-order valence-electron chi connectivity index (χ1n) is 11.9. The molecule has 0 aromatic carbocycles. The highest BCUT2D eigenvalue weighted by atomic mass is 14.2. The summed E-state index contributed by atoms with van der Waals surface area (Å²) < 4.78 is 0. The maximum Gasteiger partial charge on any atom is 0.0738 e. The molecule has 0 aliphatic carbocycles. The van der Waals surface area contributed by atoms with Gasteiger partial charge in [0.25, 0.3) is 0 Å². The van der Waals surface area contributed by atoms with E-state index >= 15 is 0 Å². The molecule has 0 bridgehead atoms. The van der Waals surface area contributed by atoms with Gasteiger partial charge < -0.3 is 0 Å². The molecule has 0 saturated heterocycles. The molecule has 36 heavy (non-hydrogen) atoms. The summed E-state index contributed by atoms with van der Waals surface area (Å²) in [7, 11) is 76.8. The highest BCUT2D eigenvalue weighted by Gasteiger charge is 2.21. The van der Waals surface area contributed by atoms with Crippen LogP contribution in [-0.2, 0) is 0 Å². The molecule has 0 aliphatic rings. The molecule has 0 atom stereocenters. The third kappa shape index (κ3) is 64.7. The first-order chi connectivity index (χ1) is 14.8. The van der Waals surface area contributed by atoms with Crippen LogP contribution in [0.5, 0.6) is 0 Å². The summed E-state index contributed by atoms with van der Waals surface area (Å²) in [5.74, 6) is 0. The number of hydrogen-bond donors (Lipinski definition) is 0. The Morgan fingerprint density at radius 2 is 0.361 bits per heavy atom. The van der Waals surface area contributed by atoms with Gasteiger partial charge >= 0.3 is 0 Å². The lowest BCUT2D eigenvalue weighted by molar-refractivity contribution is 0.504. The number of rotatable bonds is 8. The minimum absolute atomic E-state index is 0.141. The van der Waals surface area contributed by atoms with E-state index in [1.54, 1.807) is 41.5 Å². The van der Waals surface area contributed by atoms with E-state index in [0.717, 1.165) is 6.42 Å². The van der Waals surface area contributed by atoms with Crippen molar-refractivity contribution in [2.24, 2.45) is 0 Å². The molecule has 28 radical (unpaired) electrons. The Balaban J connectivity index is -0.000000190. The van der Waals surface area contributed by atoms with E-state index in [1.165, 1.54) is 0 Å². The van der Waals surface area contributed by atoms with Crippen LogP contribution in [0.2, 0.25) is 41.9 Å². The first-order valence-corrected chi connectivity index (χ1v) is 11.9. The molecule has 0 amide bonds. The van der Waals surface area contributed by atoms with E-state index in [9.17, 15) is 0 Å². The second-order valence-corrected chi connectivity index (χ2v) is 13.7. The molecule has 0 saturated carbocycles. The van der Waals surface area contributed by atoms with Crippen molar-refractivity contribution in [3.63, 3.8) is 0 Å². The highest BCUT2D eigenvalue weighted by molar-refractivity contribution is 6.45. The van der Waals surface area contributed by atoms with Crippen LogP contribution in [-0.4, -0.2) is 110 Å². The van der Waals surface area contributed by atoms with Crippen LogP contribution in [0, 0.1) is 0 Å². The maximum absolute atomic E-state index is 5.74. The van der Waals surface area contributed by atoms with Gasteiger partial charge in [0.05, 0.1) is 110 Å². The summed E-state index contributed by atoms with van der Waals surface area (Å²) in [6, 6.07) is 0. The third-order valence-electron chi connectivity index (χ3n) is 3.20. The number of hydrogen-bond acceptors (Lipinski definition) is 0. The minimum atomic E-state index is -0.766. The molecule has 14 heteroatoms. The zero-order valence-corrected chi connectivity index (χ0v) is 24.9. The third-order valence-corrected chi connectivity index (χ3v) is 3.20. The zero-order chi connectivity index (χ0) is 30.8. The Morgan fingerprint density at radius 1 is 0.250 bits per heavy atom. The molecule has 0 spiro atoms. The fraction of sp³-hybridized carbons (Fsp3) is 1.00. The van der Waals surface area contributed by atoms with Gasteiger partial charge in [0.15, 0.2) is 0 Å². The topological polar surface area (TPSA) is 0 Å². The molecular formula is C22H38B14. The predicted octanol–water partition coefficient (Wildman–Crippen LogP) is 3.08. The Labute approximate surface area is 246 Å². The van der Waals surface area contributed by atoms with Gasteiger partial charge in [-0.2, -0.15) is 0 Å². The largest absolute Gasteiger partial charge is 0.103 e.